The number of rotatable bonds is 5. The molecule has 2 aliphatic rings. The van der Waals surface area contributed by atoms with Crippen LogP contribution in [0.2, 0.25) is 0 Å². The molecule has 1 aliphatic carbocycles. The molecule has 0 aromatic heterocycles. The molecule has 4 rings (SSSR count). The lowest BCUT2D eigenvalue weighted by molar-refractivity contribution is -0.126. The van der Waals surface area contributed by atoms with Crippen molar-refractivity contribution in [2.24, 2.45) is 0 Å². The molecule has 1 N–H and O–H groups in total. The third-order valence-electron chi connectivity index (χ3n) is 5.66. The lowest BCUT2D eigenvalue weighted by Crippen LogP contribution is -2.57. The Morgan fingerprint density at radius 3 is 2.39 bits per heavy atom. The van der Waals surface area contributed by atoms with E-state index in [0.29, 0.717) is 24.3 Å². The van der Waals surface area contributed by atoms with Gasteiger partial charge in [-0.1, -0.05) is 23.8 Å². The van der Waals surface area contributed by atoms with E-state index in [1.807, 2.05) is 26.0 Å². The van der Waals surface area contributed by atoms with E-state index in [0.717, 1.165) is 17.5 Å². The van der Waals surface area contributed by atoms with Gasteiger partial charge in [-0.2, -0.15) is 0 Å². The zero-order valence-corrected chi connectivity index (χ0v) is 16.7. The minimum Gasteiger partial charge on any atom is -0.454 e. The zero-order valence-electron chi connectivity index (χ0n) is 15.9. The lowest BCUT2D eigenvalue weighted by atomic mass is 9.83. The predicted octanol–water partition coefficient (Wildman–Crippen LogP) is 3.30. The van der Waals surface area contributed by atoms with Gasteiger partial charge < -0.3 is 14.8 Å². The van der Waals surface area contributed by atoms with Crippen LogP contribution in [0.1, 0.15) is 43.4 Å². The minimum atomic E-state index is -3.77. The van der Waals surface area contributed by atoms with E-state index >= 15 is 0 Å². The highest BCUT2D eigenvalue weighted by molar-refractivity contribution is 7.93. The molecule has 0 radical (unpaired) electrons. The van der Waals surface area contributed by atoms with Crippen LogP contribution in [0, 0.1) is 6.92 Å². The first-order valence-electron chi connectivity index (χ1n) is 9.35. The molecule has 0 unspecified atom stereocenters. The summed E-state index contributed by atoms with van der Waals surface area (Å²) in [5, 5.41) is 2.90. The number of amides is 1. The number of aryl methyl sites for hydroxylation is 1. The number of benzene rings is 2. The van der Waals surface area contributed by atoms with E-state index in [-0.39, 0.29) is 17.7 Å². The van der Waals surface area contributed by atoms with Crippen molar-refractivity contribution >= 4 is 15.7 Å². The quantitative estimate of drug-likeness (QED) is 0.831. The molecule has 1 saturated carbocycles. The maximum atomic E-state index is 13.3. The van der Waals surface area contributed by atoms with Crippen LogP contribution in [0.3, 0.4) is 0 Å². The number of sulfone groups is 1. The lowest BCUT2D eigenvalue weighted by Gasteiger charge is -2.40. The van der Waals surface area contributed by atoms with Crippen LogP contribution in [-0.4, -0.2) is 25.9 Å². The van der Waals surface area contributed by atoms with Gasteiger partial charge >= 0.3 is 0 Å². The standard InChI is InChI=1S/C21H23NO5S/c1-14-4-7-17(8-5-14)28(24,25)21(10-3-11-21)20(23)22-15(2)16-6-9-18-19(12-16)27-13-26-18/h4-9,12,15H,3,10-11,13H2,1-2H3,(H,22,23)/t15-/m1/s1. The van der Waals surface area contributed by atoms with E-state index in [1.165, 1.54) is 0 Å². The third kappa shape index (κ3) is 2.94. The molecule has 0 bridgehead atoms. The van der Waals surface area contributed by atoms with Gasteiger partial charge in [0.25, 0.3) is 0 Å². The number of hydrogen-bond acceptors (Lipinski definition) is 5. The number of hydrogen-bond donors (Lipinski definition) is 1. The summed E-state index contributed by atoms with van der Waals surface area (Å²) in [6, 6.07) is 11.8. The Morgan fingerprint density at radius 2 is 1.75 bits per heavy atom. The average Bonchev–Trinajstić information content (AvgIpc) is 3.08. The second-order valence-corrected chi connectivity index (χ2v) is 9.73. The van der Waals surface area contributed by atoms with Crippen LogP contribution in [-0.2, 0) is 14.6 Å². The molecule has 6 nitrogen and oxygen atoms in total. The van der Waals surface area contributed by atoms with Gasteiger partial charge in [0.05, 0.1) is 10.9 Å². The van der Waals surface area contributed by atoms with Crippen molar-refractivity contribution in [3.05, 3.63) is 53.6 Å². The van der Waals surface area contributed by atoms with Crippen LogP contribution in [0.4, 0.5) is 0 Å². The van der Waals surface area contributed by atoms with Crippen molar-refractivity contribution in [1.82, 2.24) is 5.32 Å². The molecular weight excluding hydrogens is 378 g/mol. The first-order valence-corrected chi connectivity index (χ1v) is 10.8. The van der Waals surface area contributed by atoms with Crippen molar-refractivity contribution in [1.29, 1.82) is 0 Å². The van der Waals surface area contributed by atoms with Crippen LogP contribution in [0.5, 0.6) is 11.5 Å². The zero-order chi connectivity index (χ0) is 19.9. The predicted molar refractivity (Wildman–Crippen MR) is 104 cm³/mol. The second-order valence-electron chi connectivity index (χ2n) is 7.47. The second kappa shape index (κ2) is 6.81. The number of fused-ring (bicyclic) bond motifs is 1. The Hall–Kier alpha value is -2.54. The van der Waals surface area contributed by atoms with Gasteiger partial charge in [0.15, 0.2) is 26.1 Å². The Labute approximate surface area is 164 Å². The Morgan fingerprint density at radius 1 is 1.07 bits per heavy atom. The van der Waals surface area contributed by atoms with Gasteiger partial charge in [-0.3, -0.25) is 4.79 Å². The van der Waals surface area contributed by atoms with Crippen molar-refractivity contribution in [3.8, 4) is 11.5 Å². The van der Waals surface area contributed by atoms with Crippen molar-refractivity contribution in [2.75, 3.05) is 6.79 Å². The van der Waals surface area contributed by atoms with E-state index in [9.17, 15) is 13.2 Å². The number of carbonyl (C=O) groups is 1. The summed E-state index contributed by atoms with van der Waals surface area (Å²) in [4.78, 5) is 13.3. The highest BCUT2D eigenvalue weighted by atomic mass is 32.2. The van der Waals surface area contributed by atoms with Crippen molar-refractivity contribution < 1.29 is 22.7 Å². The highest BCUT2D eigenvalue weighted by Gasteiger charge is 2.55. The van der Waals surface area contributed by atoms with Gasteiger partial charge in [0.2, 0.25) is 12.7 Å². The summed E-state index contributed by atoms with van der Waals surface area (Å²) >= 11 is 0. The molecular formula is C21H23NO5S. The first kappa shape index (κ1) is 18.8. The van der Waals surface area contributed by atoms with E-state index in [1.54, 1.807) is 30.3 Å². The van der Waals surface area contributed by atoms with Gasteiger partial charge in [-0.05, 0) is 62.9 Å². The van der Waals surface area contributed by atoms with Gasteiger partial charge in [-0.25, -0.2) is 8.42 Å². The summed E-state index contributed by atoms with van der Waals surface area (Å²) in [5.41, 5.74) is 1.81. The molecule has 7 heteroatoms. The normalized spacial score (nSPS) is 18.2. The molecule has 2 aromatic carbocycles. The molecule has 148 valence electrons. The average molecular weight is 401 g/mol. The van der Waals surface area contributed by atoms with Crippen LogP contribution in [0.15, 0.2) is 47.4 Å². The minimum absolute atomic E-state index is 0.178. The monoisotopic (exact) mass is 401 g/mol. The Balaban J connectivity index is 1.57. The summed E-state index contributed by atoms with van der Waals surface area (Å²) in [6.45, 7) is 3.91. The number of carbonyl (C=O) groups excluding carboxylic acids is 1. The fourth-order valence-corrected chi connectivity index (χ4v) is 5.73. The summed E-state index contributed by atoms with van der Waals surface area (Å²) in [7, 11) is -3.77. The van der Waals surface area contributed by atoms with Crippen molar-refractivity contribution in [3.63, 3.8) is 0 Å². The first-order chi connectivity index (χ1) is 13.3. The molecule has 28 heavy (non-hydrogen) atoms. The summed E-state index contributed by atoms with van der Waals surface area (Å²) in [6.07, 6.45) is 1.39. The summed E-state index contributed by atoms with van der Waals surface area (Å²) < 4.78 is 35.8. The SMILES string of the molecule is Cc1ccc(S(=O)(=O)C2(C(=O)N[C@H](C)c3ccc4c(c3)OCO4)CCC2)cc1. The fraction of sp³-hybridized carbons (Fsp3) is 0.381. The van der Waals surface area contributed by atoms with E-state index in [2.05, 4.69) is 5.32 Å². The molecule has 1 aliphatic heterocycles. The van der Waals surface area contributed by atoms with E-state index < -0.39 is 20.5 Å². The van der Waals surface area contributed by atoms with Crippen LogP contribution in [0.25, 0.3) is 0 Å². The Kier molecular flexibility index (Phi) is 4.57. The Bertz CT molecular complexity index is 1010. The summed E-state index contributed by atoms with van der Waals surface area (Å²) in [5.74, 6) is 0.855. The van der Waals surface area contributed by atoms with Crippen LogP contribution < -0.4 is 14.8 Å². The topological polar surface area (TPSA) is 81.7 Å². The van der Waals surface area contributed by atoms with E-state index in [4.69, 9.17) is 9.47 Å². The molecule has 0 spiro atoms. The molecule has 0 saturated heterocycles. The molecule has 1 amide bonds. The van der Waals surface area contributed by atoms with Crippen LogP contribution >= 0.6 is 0 Å². The van der Waals surface area contributed by atoms with Gasteiger partial charge in [0, 0.05) is 0 Å². The molecule has 2 aromatic rings. The largest absolute Gasteiger partial charge is 0.454 e. The maximum absolute atomic E-state index is 13.3. The van der Waals surface area contributed by atoms with Crippen molar-refractivity contribution in [2.45, 2.75) is 48.8 Å². The smallest absolute Gasteiger partial charge is 0.242 e. The third-order valence-corrected chi connectivity index (χ3v) is 8.18. The fourth-order valence-electron chi connectivity index (χ4n) is 3.65. The molecule has 1 fully saturated rings. The number of ether oxygens (including phenoxy) is 2. The van der Waals surface area contributed by atoms with Gasteiger partial charge in [0.1, 0.15) is 0 Å². The maximum Gasteiger partial charge on any atom is 0.242 e. The van der Waals surface area contributed by atoms with Gasteiger partial charge in [-0.15, -0.1) is 0 Å². The number of nitrogens with one attached hydrogen (secondary N) is 1. The highest BCUT2D eigenvalue weighted by Crippen LogP contribution is 2.43. The molecule has 1 atom stereocenters. The molecule has 1 heterocycles.